The van der Waals surface area contributed by atoms with E-state index in [0.29, 0.717) is 6.42 Å². The molecule has 0 aliphatic heterocycles. The third kappa shape index (κ3) is 1.39. The first-order chi connectivity index (χ1) is 7.15. The molecule has 0 saturated heterocycles. The van der Waals surface area contributed by atoms with Gasteiger partial charge in [-0.3, -0.25) is 0 Å². The van der Waals surface area contributed by atoms with E-state index in [1.165, 1.54) is 12.1 Å². The Morgan fingerprint density at radius 3 is 2.87 bits per heavy atom. The number of aryl methyl sites for hydroxylation is 1. The molecule has 0 unspecified atom stereocenters. The maximum atomic E-state index is 13.1. The summed E-state index contributed by atoms with van der Waals surface area (Å²) in [5, 5.41) is 9.70. The third-order valence-electron chi connectivity index (χ3n) is 2.84. The van der Waals surface area contributed by atoms with E-state index in [0.717, 1.165) is 22.2 Å². The molecule has 2 aromatic rings. The Morgan fingerprint density at radius 2 is 2.20 bits per heavy atom. The van der Waals surface area contributed by atoms with Crippen LogP contribution in [0.15, 0.2) is 18.2 Å². The number of fused-ring (bicyclic) bond motifs is 1. The second-order valence-corrected chi connectivity index (χ2v) is 3.62. The molecule has 0 aliphatic rings. The van der Waals surface area contributed by atoms with E-state index in [-0.39, 0.29) is 5.82 Å². The van der Waals surface area contributed by atoms with Crippen LogP contribution in [0, 0.1) is 24.1 Å². The topological polar surface area (TPSA) is 28.7 Å². The molecule has 3 heteroatoms. The van der Waals surface area contributed by atoms with Crippen LogP contribution in [0.4, 0.5) is 4.39 Å². The lowest BCUT2D eigenvalue weighted by molar-refractivity contribution is 0.629. The quantitative estimate of drug-likeness (QED) is 0.698. The third-order valence-corrected chi connectivity index (χ3v) is 2.84. The van der Waals surface area contributed by atoms with Gasteiger partial charge in [-0.05, 0) is 30.7 Å². The minimum Gasteiger partial charge on any atom is -0.348 e. The van der Waals surface area contributed by atoms with Crippen LogP contribution in [0.1, 0.15) is 11.3 Å². The molecule has 76 valence electrons. The largest absolute Gasteiger partial charge is 0.348 e. The second-order valence-electron chi connectivity index (χ2n) is 3.62. The highest BCUT2D eigenvalue weighted by Crippen LogP contribution is 2.25. The molecule has 1 heterocycles. The van der Waals surface area contributed by atoms with Gasteiger partial charge in [0.1, 0.15) is 5.82 Å². The number of benzene rings is 1. The Hall–Kier alpha value is -1.82. The minimum absolute atomic E-state index is 0.244. The normalized spacial score (nSPS) is 10.5. The standard InChI is InChI=1S/C12H11FN2/c1-8-10(5-6-14)11-4-3-9(13)7-12(11)15(8)2/h3-4,7H,5H2,1-2H3. The molecule has 0 atom stereocenters. The van der Waals surface area contributed by atoms with Crippen molar-refractivity contribution in [1.29, 1.82) is 5.26 Å². The summed E-state index contributed by atoms with van der Waals surface area (Å²) in [7, 11) is 1.89. The zero-order valence-electron chi connectivity index (χ0n) is 8.71. The van der Waals surface area contributed by atoms with Crippen molar-refractivity contribution in [2.75, 3.05) is 0 Å². The highest BCUT2D eigenvalue weighted by Gasteiger charge is 2.11. The fourth-order valence-corrected chi connectivity index (χ4v) is 1.92. The summed E-state index contributed by atoms with van der Waals surface area (Å²) in [5.74, 6) is -0.244. The summed E-state index contributed by atoms with van der Waals surface area (Å²) < 4.78 is 15.0. The summed E-state index contributed by atoms with van der Waals surface area (Å²) in [4.78, 5) is 0. The van der Waals surface area contributed by atoms with Gasteiger partial charge in [-0.15, -0.1) is 0 Å². The van der Waals surface area contributed by atoms with E-state index in [4.69, 9.17) is 5.26 Å². The van der Waals surface area contributed by atoms with Crippen molar-refractivity contribution in [3.63, 3.8) is 0 Å². The Labute approximate surface area is 87.6 Å². The van der Waals surface area contributed by atoms with Crippen LogP contribution in [0.2, 0.25) is 0 Å². The molecule has 0 radical (unpaired) electrons. The molecule has 0 spiro atoms. The van der Waals surface area contributed by atoms with Crippen molar-refractivity contribution in [2.45, 2.75) is 13.3 Å². The highest BCUT2D eigenvalue weighted by atomic mass is 19.1. The summed E-state index contributed by atoms with van der Waals surface area (Å²) in [6.07, 6.45) is 0.370. The van der Waals surface area contributed by atoms with Crippen LogP contribution < -0.4 is 0 Å². The summed E-state index contributed by atoms with van der Waals surface area (Å²) in [5.41, 5.74) is 2.87. The van der Waals surface area contributed by atoms with Crippen molar-refractivity contribution in [1.82, 2.24) is 4.57 Å². The lowest BCUT2D eigenvalue weighted by Gasteiger charge is -1.98. The number of nitriles is 1. The molecule has 0 fully saturated rings. The van der Waals surface area contributed by atoms with E-state index in [9.17, 15) is 4.39 Å². The first-order valence-electron chi connectivity index (χ1n) is 4.75. The molecule has 15 heavy (non-hydrogen) atoms. The van der Waals surface area contributed by atoms with Gasteiger partial charge in [-0.2, -0.15) is 5.26 Å². The van der Waals surface area contributed by atoms with Gasteiger partial charge in [0.15, 0.2) is 0 Å². The van der Waals surface area contributed by atoms with Crippen molar-refractivity contribution < 1.29 is 4.39 Å². The number of aromatic nitrogens is 1. The molecule has 0 bridgehead atoms. The van der Waals surface area contributed by atoms with Gasteiger partial charge in [-0.1, -0.05) is 0 Å². The predicted octanol–water partition coefficient (Wildman–Crippen LogP) is 2.69. The van der Waals surface area contributed by atoms with Gasteiger partial charge in [-0.25, -0.2) is 4.39 Å². The predicted molar refractivity (Wildman–Crippen MR) is 56.9 cm³/mol. The Kier molecular flexibility index (Phi) is 2.20. The summed E-state index contributed by atoms with van der Waals surface area (Å²) in [6, 6.07) is 6.81. The molecular formula is C12H11FN2. The Morgan fingerprint density at radius 1 is 1.47 bits per heavy atom. The minimum atomic E-state index is -0.244. The van der Waals surface area contributed by atoms with Crippen molar-refractivity contribution in [3.05, 3.63) is 35.3 Å². The van der Waals surface area contributed by atoms with Crippen LogP contribution >= 0.6 is 0 Å². The van der Waals surface area contributed by atoms with E-state index < -0.39 is 0 Å². The molecule has 2 nitrogen and oxygen atoms in total. The van der Waals surface area contributed by atoms with Crippen LogP contribution in [0.5, 0.6) is 0 Å². The summed E-state index contributed by atoms with van der Waals surface area (Å²) >= 11 is 0. The number of hydrogen-bond acceptors (Lipinski definition) is 1. The average Bonchev–Trinajstić information content (AvgIpc) is 2.44. The first-order valence-corrected chi connectivity index (χ1v) is 4.75. The van der Waals surface area contributed by atoms with Crippen molar-refractivity contribution in [2.24, 2.45) is 7.05 Å². The molecule has 0 N–H and O–H groups in total. The van der Waals surface area contributed by atoms with Gasteiger partial charge in [0.25, 0.3) is 0 Å². The highest BCUT2D eigenvalue weighted by molar-refractivity contribution is 5.85. The average molecular weight is 202 g/mol. The molecule has 0 amide bonds. The van der Waals surface area contributed by atoms with E-state index in [2.05, 4.69) is 6.07 Å². The SMILES string of the molecule is Cc1c(CC#N)c2ccc(F)cc2n1C. The van der Waals surface area contributed by atoms with Gasteiger partial charge in [0, 0.05) is 18.1 Å². The molecule has 0 aliphatic carbocycles. The Bertz CT molecular complexity index is 561. The molecule has 1 aromatic heterocycles. The van der Waals surface area contributed by atoms with Gasteiger partial charge in [0.05, 0.1) is 18.0 Å². The van der Waals surface area contributed by atoms with Crippen LogP contribution in [0.3, 0.4) is 0 Å². The van der Waals surface area contributed by atoms with E-state index >= 15 is 0 Å². The second kappa shape index (κ2) is 3.39. The van der Waals surface area contributed by atoms with Crippen molar-refractivity contribution in [3.8, 4) is 6.07 Å². The molecule has 1 aromatic carbocycles. The number of halogens is 1. The Balaban J connectivity index is 2.82. The number of hydrogen-bond donors (Lipinski definition) is 0. The molecule has 0 saturated carbocycles. The maximum absolute atomic E-state index is 13.1. The molecule has 2 rings (SSSR count). The van der Waals surface area contributed by atoms with Gasteiger partial charge in [0.2, 0.25) is 0 Å². The zero-order valence-corrected chi connectivity index (χ0v) is 8.71. The molecular weight excluding hydrogens is 191 g/mol. The lowest BCUT2D eigenvalue weighted by Crippen LogP contribution is -1.91. The number of nitrogens with zero attached hydrogens (tertiary/aromatic N) is 2. The zero-order chi connectivity index (χ0) is 11.0. The lowest BCUT2D eigenvalue weighted by atomic mass is 10.1. The summed E-state index contributed by atoms with van der Waals surface area (Å²) in [6.45, 7) is 1.95. The van der Waals surface area contributed by atoms with E-state index in [1.807, 2.05) is 18.5 Å². The number of rotatable bonds is 1. The van der Waals surface area contributed by atoms with Gasteiger partial charge >= 0.3 is 0 Å². The van der Waals surface area contributed by atoms with Crippen LogP contribution in [0.25, 0.3) is 10.9 Å². The van der Waals surface area contributed by atoms with Crippen LogP contribution in [-0.2, 0) is 13.5 Å². The maximum Gasteiger partial charge on any atom is 0.125 e. The smallest absolute Gasteiger partial charge is 0.125 e. The van der Waals surface area contributed by atoms with Crippen molar-refractivity contribution >= 4 is 10.9 Å². The van der Waals surface area contributed by atoms with Crippen LogP contribution in [-0.4, -0.2) is 4.57 Å². The van der Waals surface area contributed by atoms with Gasteiger partial charge < -0.3 is 4.57 Å². The fourth-order valence-electron chi connectivity index (χ4n) is 1.92. The first kappa shape index (κ1) is 9.72. The fraction of sp³-hybridized carbons (Fsp3) is 0.250. The monoisotopic (exact) mass is 202 g/mol. The van der Waals surface area contributed by atoms with E-state index in [1.54, 1.807) is 6.07 Å².